The number of para-hydroxylation sites is 1. The number of carbonyl (C=O) groups is 2. The molecule has 0 saturated carbocycles. The first-order valence-electron chi connectivity index (χ1n) is 12.5. The molecule has 0 bridgehead atoms. The molecule has 0 aliphatic carbocycles. The molecule has 0 saturated heterocycles. The smallest absolute Gasteiger partial charge is 0.266 e. The van der Waals surface area contributed by atoms with E-state index in [0.717, 1.165) is 32.4 Å². The number of nitriles is 1. The highest BCUT2D eigenvalue weighted by Gasteiger charge is 2.37. The maximum atomic E-state index is 13.1. The molecule has 0 atom stereocenters. The summed E-state index contributed by atoms with van der Waals surface area (Å²) in [6, 6.07) is 35.5. The maximum absolute atomic E-state index is 13.1. The topological polar surface area (TPSA) is 66.1 Å². The van der Waals surface area contributed by atoms with Crippen molar-refractivity contribution in [2.45, 2.75) is 0 Å². The number of amides is 2. The number of fused-ring (bicyclic) bond motifs is 7. The Hall–Kier alpha value is -5.25. The molecule has 3 heterocycles. The number of thiophene rings is 1. The first-order valence-corrected chi connectivity index (χ1v) is 13.3. The lowest BCUT2D eigenvalue weighted by Crippen LogP contribution is -2.30. The summed E-state index contributed by atoms with van der Waals surface area (Å²) in [4.78, 5) is 27.4. The molecule has 6 heteroatoms. The van der Waals surface area contributed by atoms with Gasteiger partial charge >= 0.3 is 0 Å². The highest BCUT2D eigenvalue weighted by molar-refractivity contribution is 7.25. The fourth-order valence-corrected chi connectivity index (χ4v) is 6.94. The van der Waals surface area contributed by atoms with Gasteiger partial charge in [-0.05, 0) is 54.6 Å². The molecule has 2 amide bonds. The monoisotopic (exact) mass is 519 g/mol. The quantitative estimate of drug-likeness (QED) is 0.219. The van der Waals surface area contributed by atoms with Crippen molar-refractivity contribution >= 4 is 70.8 Å². The summed E-state index contributed by atoms with van der Waals surface area (Å²) in [5.41, 5.74) is 4.10. The lowest BCUT2D eigenvalue weighted by atomic mass is 10.1. The Balaban J connectivity index is 1.36. The van der Waals surface area contributed by atoms with Crippen LogP contribution in [0.2, 0.25) is 0 Å². The number of rotatable bonds is 2. The third-order valence-electron chi connectivity index (χ3n) is 7.56. The van der Waals surface area contributed by atoms with E-state index in [4.69, 9.17) is 0 Å². The second-order valence-electron chi connectivity index (χ2n) is 9.62. The van der Waals surface area contributed by atoms with E-state index in [1.165, 1.54) is 20.2 Å². The minimum absolute atomic E-state index is 0.260. The first kappa shape index (κ1) is 21.8. The van der Waals surface area contributed by atoms with E-state index in [-0.39, 0.29) is 5.56 Å². The summed E-state index contributed by atoms with van der Waals surface area (Å²) < 4.78 is 4.59. The first-order chi connectivity index (χ1) is 19.1. The number of hydrogen-bond acceptors (Lipinski definition) is 4. The Labute approximate surface area is 226 Å². The summed E-state index contributed by atoms with van der Waals surface area (Å²) in [5, 5.41) is 14.8. The minimum Gasteiger partial charge on any atom is -0.309 e. The van der Waals surface area contributed by atoms with Crippen molar-refractivity contribution in [2.24, 2.45) is 0 Å². The third kappa shape index (κ3) is 2.93. The Kier molecular flexibility index (Phi) is 4.40. The van der Waals surface area contributed by atoms with Gasteiger partial charge in [0.05, 0.1) is 33.4 Å². The molecule has 5 nitrogen and oxygen atoms in total. The van der Waals surface area contributed by atoms with Crippen LogP contribution in [-0.2, 0) is 0 Å². The van der Waals surface area contributed by atoms with Crippen molar-refractivity contribution in [2.75, 3.05) is 4.90 Å². The second-order valence-corrected chi connectivity index (χ2v) is 10.7. The molecule has 1 aliphatic rings. The molecule has 39 heavy (non-hydrogen) atoms. The zero-order valence-corrected chi connectivity index (χ0v) is 21.2. The van der Waals surface area contributed by atoms with Crippen LogP contribution in [0.4, 0.5) is 5.69 Å². The molecule has 182 valence electrons. The number of carbonyl (C=O) groups excluding carboxylic acids is 2. The predicted molar refractivity (Wildman–Crippen MR) is 156 cm³/mol. The van der Waals surface area contributed by atoms with Gasteiger partial charge in [0.15, 0.2) is 0 Å². The fraction of sp³-hybridized carbons (Fsp3) is 0. The van der Waals surface area contributed by atoms with E-state index in [1.54, 1.807) is 47.7 Å². The molecule has 0 unspecified atom stereocenters. The lowest BCUT2D eigenvalue weighted by molar-refractivity contribution is 0.0926. The second kappa shape index (κ2) is 7.87. The van der Waals surface area contributed by atoms with Gasteiger partial charge in [0.25, 0.3) is 11.8 Å². The average Bonchev–Trinajstić information content (AvgIpc) is 3.59. The van der Waals surface area contributed by atoms with E-state index in [9.17, 15) is 14.9 Å². The van der Waals surface area contributed by atoms with Crippen LogP contribution in [-0.4, -0.2) is 16.4 Å². The van der Waals surface area contributed by atoms with Gasteiger partial charge < -0.3 is 4.57 Å². The number of aromatic nitrogens is 1. The number of anilines is 1. The van der Waals surface area contributed by atoms with Crippen molar-refractivity contribution < 1.29 is 9.59 Å². The molecular weight excluding hydrogens is 502 g/mol. The van der Waals surface area contributed by atoms with Crippen LogP contribution in [0.15, 0.2) is 103 Å². The number of hydrogen-bond donors (Lipinski definition) is 0. The Morgan fingerprint density at radius 1 is 0.615 bits per heavy atom. The van der Waals surface area contributed by atoms with E-state index >= 15 is 0 Å². The zero-order valence-electron chi connectivity index (χ0n) is 20.4. The van der Waals surface area contributed by atoms with Crippen molar-refractivity contribution in [1.82, 2.24) is 4.57 Å². The molecule has 7 aromatic rings. The largest absolute Gasteiger partial charge is 0.309 e. The van der Waals surface area contributed by atoms with Gasteiger partial charge in [-0.1, -0.05) is 48.5 Å². The van der Waals surface area contributed by atoms with Gasteiger partial charge in [0, 0.05) is 36.6 Å². The zero-order chi connectivity index (χ0) is 26.2. The van der Waals surface area contributed by atoms with Crippen molar-refractivity contribution in [1.29, 1.82) is 5.26 Å². The van der Waals surface area contributed by atoms with Crippen molar-refractivity contribution in [3.8, 4) is 11.8 Å². The standard InChI is InChI=1S/C33H17N3O2S/c34-18-19-15-20(13-14-27(19)36-32(37)23-9-1-2-10-24(23)33(36)38)35-28-11-5-3-7-21(28)25-16-26-22-8-4-6-12-30(22)39-31(26)17-29(25)35/h1-17H. The van der Waals surface area contributed by atoms with Gasteiger partial charge in [0.1, 0.15) is 6.07 Å². The average molecular weight is 520 g/mol. The molecular formula is C33H17N3O2S. The third-order valence-corrected chi connectivity index (χ3v) is 8.70. The van der Waals surface area contributed by atoms with Crippen LogP contribution < -0.4 is 4.90 Å². The van der Waals surface area contributed by atoms with E-state index in [2.05, 4.69) is 59.2 Å². The Morgan fingerprint density at radius 3 is 2.08 bits per heavy atom. The van der Waals surface area contributed by atoms with E-state index < -0.39 is 11.8 Å². The highest BCUT2D eigenvalue weighted by Crippen LogP contribution is 2.41. The van der Waals surface area contributed by atoms with Gasteiger partial charge in [0.2, 0.25) is 0 Å². The molecule has 0 spiro atoms. The van der Waals surface area contributed by atoms with E-state index in [1.807, 2.05) is 18.2 Å². The van der Waals surface area contributed by atoms with Gasteiger partial charge in [-0.3, -0.25) is 9.59 Å². The highest BCUT2D eigenvalue weighted by atomic mass is 32.1. The van der Waals surface area contributed by atoms with Crippen LogP contribution >= 0.6 is 11.3 Å². The number of nitrogens with zero attached hydrogens (tertiary/aromatic N) is 3. The fourth-order valence-electron chi connectivity index (χ4n) is 5.82. The molecule has 0 fully saturated rings. The minimum atomic E-state index is -0.413. The maximum Gasteiger partial charge on any atom is 0.266 e. The summed E-state index contributed by atoms with van der Waals surface area (Å²) in [7, 11) is 0. The van der Waals surface area contributed by atoms with Crippen molar-refractivity contribution in [3.05, 3.63) is 120 Å². The number of imide groups is 1. The summed E-state index contributed by atoms with van der Waals surface area (Å²) in [6.07, 6.45) is 0. The van der Waals surface area contributed by atoms with Gasteiger partial charge in [-0.15, -0.1) is 11.3 Å². The SMILES string of the molecule is N#Cc1cc(-n2c3ccccc3c3cc4c(cc32)sc2ccccc24)ccc1N1C(=O)c2ccccc2C1=O. The number of benzene rings is 5. The molecule has 2 aromatic heterocycles. The lowest BCUT2D eigenvalue weighted by Gasteiger charge is -2.17. The Morgan fingerprint density at radius 2 is 1.31 bits per heavy atom. The summed E-state index contributed by atoms with van der Waals surface area (Å²) in [6.45, 7) is 0. The molecule has 0 radical (unpaired) electrons. The molecule has 0 N–H and O–H groups in total. The molecule has 1 aliphatic heterocycles. The van der Waals surface area contributed by atoms with Gasteiger partial charge in [-0.2, -0.15) is 5.26 Å². The van der Waals surface area contributed by atoms with Crippen molar-refractivity contribution in [3.63, 3.8) is 0 Å². The molecule has 8 rings (SSSR count). The van der Waals surface area contributed by atoms with Gasteiger partial charge in [-0.25, -0.2) is 4.90 Å². The predicted octanol–water partition coefficient (Wildman–Crippen LogP) is 7.82. The van der Waals surface area contributed by atoms with Crippen LogP contribution in [0.25, 0.3) is 47.7 Å². The van der Waals surface area contributed by atoms with Crippen LogP contribution in [0.1, 0.15) is 26.3 Å². The van der Waals surface area contributed by atoms with Crippen LogP contribution in [0.3, 0.4) is 0 Å². The normalized spacial score (nSPS) is 13.2. The summed E-state index contributed by atoms with van der Waals surface area (Å²) in [5.74, 6) is -0.826. The molecule has 5 aromatic carbocycles. The summed E-state index contributed by atoms with van der Waals surface area (Å²) >= 11 is 1.76. The Bertz CT molecular complexity index is 2210. The van der Waals surface area contributed by atoms with E-state index in [0.29, 0.717) is 16.8 Å². The van der Waals surface area contributed by atoms with Crippen LogP contribution in [0, 0.1) is 11.3 Å². The van der Waals surface area contributed by atoms with Crippen LogP contribution in [0.5, 0.6) is 0 Å².